The Morgan fingerprint density at radius 1 is 1.27 bits per heavy atom. The number of nitrogens with two attached hydrogens (primary N) is 2. The number of methoxy groups -OCH3 is 1. The summed E-state index contributed by atoms with van der Waals surface area (Å²) in [6.07, 6.45) is 2.30. The van der Waals surface area contributed by atoms with Crippen LogP contribution in [0, 0.1) is 0 Å². The van der Waals surface area contributed by atoms with Crippen molar-refractivity contribution in [3.05, 3.63) is 36.3 Å². The van der Waals surface area contributed by atoms with Crippen molar-refractivity contribution in [3.8, 4) is 17.3 Å². The van der Waals surface area contributed by atoms with Crippen molar-refractivity contribution >= 4 is 12.1 Å². The minimum atomic E-state index is -0.875. The molecule has 0 saturated carbocycles. The van der Waals surface area contributed by atoms with Crippen molar-refractivity contribution in [1.29, 1.82) is 0 Å². The maximum Gasteiger partial charge on any atom is 0.437 e. The molecule has 0 fully saturated rings. The Kier molecular flexibility index (Phi) is 4.81. The van der Waals surface area contributed by atoms with Crippen LogP contribution in [0.5, 0.6) is 6.01 Å². The molecule has 0 atom stereocenters. The smallest absolute Gasteiger partial charge is 0.437 e. The fraction of sp³-hybridized carbons (Fsp3) is 0.154. The number of guanidine groups is 1. The Bertz CT molecular complexity index is 682. The molecule has 0 unspecified atom stereocenters. The number of hydrogen-bond donors (Lipinski definition) is 2. The summed E-state index contributed by atoms with van der Waals surface area (Å²) in [5, 5.41) is 0. The molecule has 0 bridgehead atoms. The van der Waals surface area contributed by atoms with E-state index in [0.717, 1.165) is 0 Å². The van der Waals surface area contributed by atoms with Gasteiger partial charge in [0, 0.05) is 18.0 Å². The first-order valence-corrected chi connectivity index (χ1v) is 6.17. The van der Waals surface area contributed by atoms with Crippen molar-refractivity contribution in [2.75, 3.05) is 7.11 Å². The Labute approximate surface area is 126 Å². The summed E-state index contributed by atoms with van der Waals surface area (Å²) in [5.74, 6) is -0.359. The van der Waals surface area contributed by atoms with Crippen LogP contribution in [0.3, 0.4) is 0 Å². The van der Waals surface area contributed by atoms with Gasteiger partial charge in [-0.25, -0.2) is 19.7 Å². The number of carbonyl (C=O) groups is 1. The number of amides is 1. The molecule has 2 rings (SSSR count). The minimum absolute atomic E-state index is 0.0551. The monoisotopic (exact) mass is 302 g/mol. The van der Waals surface area contributed by atoms with Crippen LogP contribution in [0.4, 0.5) is 4.79 Å². The Hall–Kier alpha value is -3.23. The largest absolute Gasteiger partial charge is 0.467 e. The van der Waals surface area contributed by atoms with E-state index in [4.69, 9.17) is 20.9 Å². The summed E-state index contributed by atoms with van der Waals surface area (Å²) in [5.41, 5.74) is 12.0. The van der Waals surface area contributed by atoms with Crippen molar-refractivity contribution in [2.24, 2.45) is 16.5 Å². The van der Waals surface area contributed by atoms with E-state index < -0.39 is 6.09 Å². The average molecular weight is 302 g/mol. The van der Waals surface area contributed by atoms with Gasteiger partial charge < -0.3 is 20.9 Å². The van der Waals surface area contributed by atoms with Crippen LogP contribution in [0.25, 0.3) is 11.3 Å². The Morgan fingerprint density at radius 2 is 2.00 bits per heavy atom. The Morgan fingerprint density at radius 3 is 2.64 bits per heavy atom. The first kappa shape index (κ1) is 15.2. The molecule has 9 nitrogen and oxygen atoms in total. The summed E-state index contributed by atoms with van der Waals surface area (Å²) >= 11 is 0. The molecule has 0 aromatic carbocycles. The summed E-state index contributed by atoms with van der Waals surface area (Å²) in [7, 11) is 1.48. The lowest BCUT2D eigenvalue weighted by Crippen LogP contribution is -2.24. The third-order valence-electron chi connectivity index (χ3n) is 2.48. The lowest BCUT2D eigenvalue weighted by atomic mass is 10.2. The van der Waals surface area contributed by atoms with Gasteiger partial charge in [0.1, 0.15) is 6.61 Å². The van der Waals surface area contributed by atoms with Gasteiger partial charge in [-0.1, -0.05) is 6.07 Å². The lowest BCUT2D eigenvalue weighted by Gasteiger charge is -2.05. The second kappa shape index (κ2) is 6.97. The quantitative estimate of drug-likeness (QED) is 0.613. The molecule has 114 valence electrons. The molecule has 22 heavy (non-hydrogen) atoms. The molecular weight excluding hydrogens is 288 g/mol. The highest BCUT2D eigenvalue weighted by molar-refractivity contribution is 5.87. The SMILES string of the molecule is COc1ncc(-c2cccc(COC(=O)N=C(N)N)n2)cn1. The van der Waals surface area contributed by atoms with Gasteiger partial charge in [-0.15, -0.1) is 4.99 Å². The van der Waals surface area contributed by atoms with Crippen LogP contribution in [0.2, 0.25) is 0 Å². The standard InChI is InChI=1S/C13H14N6O3/c1-21-12-16-5-8(6-17-12)10-4-2-3-9(18-10)7-22-13(20)19-11(14)15/h2-6H,7H2,1H3,(H4,14,15,19,20). The number of hydrogen-bond acceptors (Lipinski definition) is 6. The van der Waals surface area contributed by atoms with E-state index >= 15 is 0 Å². The molecule has 4 N–H and O–H groups in total. The molecule has 0 aliphatic rings. The molecule has 9 heteroatoms. The number of carbonyl (C=O) groups excluding carboxylic acids is 1. The molecule has 2 aromatic heterocycles. The Balaban J connectivity index is 2.09. The minimum Gasteiger partial charge on any atom is -0.467 e. The number of aliphatic imine (C=N–C) groups is 1. The number of pyridine rings is 1. The van der Waals surface area contributed by atoms with E-state index in [9.17, 15) is 4.79 Å². The summed E-state index contributed by atoms with van der Waals surface area (Å²) < 4.78 is 9.76. The van der Waals surface area contributed by atoms with E-state index in [1.165, 1.54) is 7.11 Å². The van der Waals surface area contributed by atoms with Gasteiger partial charge in [-0.3, -0.25) is 0 Å². The second-order valence-corrected chi connectivity index (χ2v) is 4.06. The van der Waals surface area contributed by atoms with Gasteiger partial charge in [-0.2, -0.15) is 0 Å². The van der Waals surface area contributed by atoms with Crippen LogP contribution in [0.1, 0.15) is 5.69 Å². The first-order valence-electron chi connectivity index (χ1n) is 6.17. The summed E-state index contributed by atoms with van der Waals surface area (Å²) in [6.45, 7) is -0.0551. The fourth-order valence-electron chi connectivity index (χ4n) is 1.55. The highest BCUT2D eigenvalue weighted by Crippen LogP contribution is 2.16. The van der Waals surface area contributed by atoms with Crippen LogP contribution in [-0.2, 0) is 11.3 Å². The highest BCUT2D eigenvalue weighted by atomic mass is 16.5. The van der Waals surface area contributed by atoms with Crippen LogP contribution in [0.15, 0.2) is 35.6 Å². The lowest BCUT2D eigenvalue weighted by molar-refractivity contribution is 0.149. The summed E-state index contributed by atoms with van der Waals surface area (Å²) in [4.78, 5) is 26.8. The van der Waals surface area contributed by atoms with Crippen molar-refractivity contribution < 1.29 is 14.3 Å². The predicted molar refractivity (Wildman–Crippen MR) is 77.8 cm³/mol. The van der Waals surface area contributed by atoms with Gasteiger partial charge in [0.05, 0.1) is 18.5 Å². The van der Waals surface area contributed by atoms with E-state index in [0.29, 0.717) is 17.0 Å². The van der Waals surface area contributed by atoms with Gasteiger partial charge in [0.15, 0.2) is 5.96 Å². The molecule has 2 heterocycles. The molecular formula is C13H14N6O3. The average Bonchev–Trinajstić information content (AvgIpc) is 2.53. The molecule has 0 saturated heterocycles. The molecule has 1 amide bonds. The van der Waals surface area contributed by atoms with Crippen LogP contribution >= 0.6 is 0 Å². The van der Waals surface area contributed by atoms with E-state index in [1.54, 1.807) is 30.6 Å². The van der Waals surface area contributed by atoms with E-state index in [2.05, 4.69) is 19.9 Å². The molecule has 0 spiro atoms. The molecule has 0 radical (unpaired) electrons. The van der Waals surface area contributed by atoms with Gasteiger partial charge in [-0.05, 0) is 12.1 Å². The third kappa shape index (κ3) is 4.13. The number of rotatable bonds is 4. The maximum atomic E-state index is 11.2. The molecule has 0 aliphatic carbocycles. The van der Waals surface area contributed by atoms with Crippen molar-refractivity contribution in [3.63, 3.8) is 0 Å². The number of ether oxygens (including phenoxy) is 2. The van der Waals surface area contributed by atoms with E-state index in [1.807, 2.05) is 0 Å². The molecule has 2 aromatic rings. The zero-order chi connectivity index (χ0) is 15.9. The number of aromatic nitrogens is 3. The highest BCUT2D eigenvalue weighted by Gasteiger charge is 2.06. The maximum absolute atomic E-state index is 11.2. The van der Waals surface area contributed by atoms with Gasteiger partial charge >= 0.3 is 12.1 Å². The zero-order valence-corrected chi connectivity index (χ0v) is 11.8. The van der Waals surface area contributed by atoms with Gasteiger partial charge in [0.2, 0.25) is 0 Å². The van der Waals surface area contributed by atoms with Gasteiger partial charge in [0.25, 0.3) is 0 Å². The van der Waals surface area contributed by atoms with Crippen molar-refractivity contribution in [1.82, 2.24) is 15.0 Å². The number of nitrogens with zero attached hydrogens (tertiary/aromatic N) is 4. The topological polar surface area (TPSA) is 139 Å². The molecule has 0 aliphatic heterocycles. The first-order chi connectivity index (χ1) is 10.6. The normalized spacial score (nSPS) is 9.86. The zero-order valence-electron chi connectivity index (χ0n) is 11.8. The second-order valence-electron chi connectivity index (χ2n) is 4.06. The third-order valence-corrected chi connectivity index (χ3v) is 2.48. The van der Waals surface area contributed by atoms with E-state index in [-0.39, 0.29) is 18.6 Å². The van der Waals surface area contributed by atoms with Crippen molar-refractivity contribution in [2.45, 2.75) is 6.61 Å². The van der Waals surface area contributed by atoms with Crippen LogP contribution in [-0.4, -0.2) is 34.1 Å². The summed E-state index contributed by atoms with van der Waals surface area (Å²) in [6, 6.07) is 5.53. The predicted octanol–water partition coefficient (Wildman–Crippen LogP) is 0.457. The van der Waals surface area contributed by atoms with Crippen LogP contribution < -0.4 is 16.2 Å². The fourth-order valence-corrected chi connectivity index (χ4v) is 1.55.